The number of benzene rings is 1. The number of carbonyl (C=O) groups is 1. The largest absolute Gasteiger partial charge is 0.372 e. The SMILES string of the molecule is Cc1nc(C2CCCN(C(=O)c3ccc4c(c3)COC4)C2)no1. The molecule has 6 heteroatoms. The first-order chi connectivity index (χ1) is 11.2. The maximum atomic E-state index is 12.8. The second-order valence-electron chi connectivity index (χ2n) is 6.24. The van der Waals surface area contributed by atoms with Crippen LogP contribution in [0.3, 0.4) is 0 Å². The van der Waals surface area contributed by atoms with Gasteiger partial charge in [-0.3, -0.25) is 4.79 Å². The lowest BCUT2D eigenvalue weighted by molar-refractivity contribution is 0.0703. The van der Waals surface area contributed by atoms with Gasteiger partial charge >= 0.3 is 0 Å². The van der Waals surface area contributed by atoms with Crippen LogP contribution < -0.4 is 0 Å². The molecule has 0 spiro atoms. The number of likely N-dealkylation sites (tertiary alicyclic amines) is 1. The van der Waals surface area contributed by atoms with E-state index in [9.17, 15) is 4.79 Å². The molecule has 6 nitrogen and oxygen atoms in total. The zero-order valence-electron chi connectivity index (χ0n) is 13.1. The molecule has 3 heterocycles. The molecule has 120 valence electrons. The summed E-state index contributed by atoms with van der Waals surface area (Å²) in [6.07, 6.45) is 1.94. The summed E-state index contributed by atoms with van der Waals surface area (Å²) < 4.78 is 10.5. The van der Waals surface area contributed by atoms with Crippen LogP contribution in [0.15, 0.2) is 22.7 Å². The predicted molar refractivity (Wildman–Crippen MR) is 81.8 cm³/mol. The van der Waals surface area contributed by atoms with Crippen LogP contribution in [-0.2, 0) is 18.0 Å². The maximum absolute atomic E-state index is 12.8. The Morgan fingerprint density at radius 3 is 3.00 bits per heavy atom. The smallest absolute Gasteiger partial charge is 0.253 e. The number of hydrogen-bond donors (Lipinski definition) is 0. The van der Waals surface area contributed by atoms with Gasteiger partial charge in [-0.25, -0.2) is 0 Å². The molecule has 23 heavy (non-hydrogen) atoms. The lowest BCUT2D eigenvalue weighted by Gasteiger charge is -2.31. The van der Waals surface area contributed by atoms with E-state index in [-0.39, 0.29) is 11.8 Å². The Hall–Kier alpha value is -2.21. The van der Waals surface area contributed by atoms with Crippen LogP contribution in [0.4, 0.5) is 0 Å². The minimum Gasteiger partial charge on any atom is -0.372 e. The Balaban J connectivity index is 1.51. The van der Waals surface area contributed by atoms with Crippen LogP contribution in [0.1, 0.15) is 52.0 Å². The first-order valence-electron chi connectivity index (χ1n) is 8.00. The number of carbonyl (C=O) groups excluding carboxylic acids is 1. The molecular formula is C17H19N3O3. The lowest BCUT2D eigenvalue weighted by Crippen LogP contribution is -2.39. The highest BCUT2D eigenvalue weighted by Gasteiger charge is 2.28. The van der Waals surface area contributed by atoms with E-state index in [2.05, 4.69) is 10.1 Å². The van der Waals surface area contributed by atoms with Crippen LogP contribution in [0.2, 0.25) is 0 Å². The highest BCUT2D eigenvalue weighted by atomic mass is 16.5. The summed E-state index contributed by atoms with van der Waals surface area (Å²) in [5, 5.41) is 4.01. The number of amides is 1. The van der Waals surface area contributed by atoms with Crippen LogP contribution in [0.5, 0.6) is 0 Å². The molecule has 1 aromatic carbocycles. The van der Waals surface area contributed by atoms with Crippen LogP contribution in [0, 0.1) is 6.92 Å². The van der Waals surface area contributed by atoms with E-state index < -0.39 is 0 Å². The molecule has 2 aliphatic heterocycles. The maximum Gasteiger partial charge on any atom is 0.253 e. The third-order valence-corrected chi connectivity index (χ3v) is 4.59. The summed E-state index contributed by atoms with van der Waals surface area (Å²) in [6, 6.07) is 5.87. The monoisotopic (exact) mass is 313 g/mol. The van der Waals surface area contributed by atoms with Crippen molar-refractivity contribution in [2.45, 2.75) is 38.9 Å². The van der Waals surface area contributed by atoms with E-state index in [4.69, 9.17) is 9.26 Å². The van der Waals surface area contributed by atoms with Crippen molar-refractivity contribution < 1.29 is 14.1 Å². The molecule has 0 radical (unpaired) electrons. The van der Waals surface area contributed by atoms with Crippen molar-refractivity contribution >= 4 is 5.91 Å². The Labute approximate surface area is 134 Å². The molecule has 0 N–H and O–H groups in total. The number of hydrogen-bond acceptors (Lipinski definition) is 5. The molecule has 0 saturated carbocycles. The zero-order chi connectivity index (χ0) is 15.8. The van der Waals surface area contributed by atoms with Crippen LogP contribution in [-0.4, -0.2) is 34.0 Å². The molecule has 0 bridgehead atoms. The van der Waals surface area contributed by atoms with Crippen molar-refractivity contribution in [3.8, 4) is 0 Å². The molecule has 1 saturated heterocycles. The number of ether oxygens (including phenoxy) is 1. The van der Waals surface area contributed by atoms with E-state index in [0.29, 0.717) is 31.5 Å². The summed E-state index contributed by atoms with van der Waals surface area (Å²) in [7, 11) is 0. The minimum absolute atomic E-state index is 0.0737. The fourth-order valence-corrected chi connectivity index (χ4v) is 3.34. The van der Waals surface area contributed by atoms with E-state index in [1.807, 2.05) is 23.1 Å². The van der Waals surface area contributed by atoms with E-state index in [0.717, 1.165) is 30.5 Å². The topological polar surface area (TPSA) is 68.5 Å². The molecule has 4 rings (SSSR count). The first-order valence-corrected chi connectivity index (χ1v) is 8.00. The molecule has 1 fully saturated rings. The third-order valence-electron chi connectivity index (χ3n) is 4.59. The molecule has 1 aromatic heterocycles. The summed E-state index contributed by atoms with van der Waals surface area (Å²) in [6.45, 7) is 4.45. The Kier molecular flexibility index (Phi) is 3.61. The van der Waals surface area contributed by atoms with Crippen molar-refractivity contribution in [1.29, 1.82) is 0 Å². The van der Waals surface area contributed by atoms with Crippen LogP contribution >= 0.6 is 0 Å². The lowest BCUT2D eigenvalue weighted by atomic mass is 9.96. The molecule has 2 aliphatic rings. The van der Waals surface area contributed by atoms with Gasteiger partial charge in [-0.05, 0) is 36.1 Å². The number of piperidine rings is 1. The zero-order valence-corrected chi connectivity index (χ0v) is 13.1. The van der Waals surface area contributed by atoms with Crippen LogP contribution in [0.25, 0.3) is 0 Å². The van der Waals surface area contributed by atoms with E-state index in [1.165, 1.54) is 5.56 Å². The average Bonchev–Trinajstić information content (AvgIpc) is 3.22. The van der Waals surface area contributed by atoms with Crippen molar-refractivity contribution in [3.63, 3.8) is 0 Å². The minimum atomic E-state index is 0.0737. The van der Waals surface area contributed by atoms with Crippen molar-refractivity contribution in [3.05, 3.63) is 46.6 Å². The van der Waals surface area contributed by atoms with Gasteiger partial charge in [-0.2, -0.15) is 4.98 Å². The highest BCUT2D eigenvalue weighted by molar-refractivity contribution is 5.94. The number of aryl methyl sites for hydroxylation is 1. The van der Waals surface area contributed by atoms with Crippen molar-refractivity contribution in [2.75, 3.05) is 13.1 Å². The van der Waals surface area contributed by atoms with Gasteiger partial charge in [0, 0.05) is 31.5 Å². The fourth-order valence-electron chi connectivity index (χ4n) is 3.34. The summed E-state index contributed by atoms with van der Waals surface area (Å²) >= 11 is 0. The molecule has 2 aromatic rings. The quantitative estimate of drug-likeness (QED) is 0.851. The summed E-state index contributed by atoms with van der Waals surface area (Å²) in [5.74, 6) is 1.51. The van der Waals surface area contributed by atoms with E-state index >= 15 is 0 Å². The first kappa shape index (κ1) is 14.4. The van der Waals surface area contributed by atoms with Gasteiger partial charge in [-0.15, -0.1) is 0 Å². The normalized spacial score (nSPS) is 20.6. The van der Waals surface area contributed by atoms with Gasteiger partial charge in [0.05, 0.1) is 13.2 Å². The van der Waals surface area contributed by atoms with Gasteiger partial charge in [0.1, 0.15) is 0 Å². The molecule has 1 unspecified atom stereocenters. The Bertz CT molecular complexity index is 740. The molecule has 1 atom stereocenters. The predicted octanol–water partition coefficient (Wildman–Crippen LogP) is 2.43. The summed E-state index contributed by atoms with van der Waals surface area (Å²) in [5.41, 5.74) is 3.04. The van der Waals surface area contributed by atoms with Gasteiger partial charge in [0.15, 0.2) is 5.82 Å². The van der Waals surface area contributed by atoms with Gasteiger partial charge in [-0.1, -0.05) is 11.2 Å². The Morgan fingerprint density at radius 2 is 2.17 bits per heavy atom. The molecular weight excluding hydrogens is 294 g/mol. The van der Waals surface area contributed by atoms with Gasteiger partial charge in [0.2, 0.25) is 5.89 Å². The average molecular weight is 313 g/mol. The second kappa shape index (κ2) is 5.77. The van der Waals surface area contributed by atoms with E-state index in [1.54, 1.807) is 6.92 Å². The fraction of sp³-hybridized carbons (Fsp3) is 0.471. The number of nitrogens with zero attached hydrogens (tertiary/aromatic N) is 3. The summed E-state index contributed by atoms with van der Waals surface area (Å²) in [4.78, 5) is 19.0. The number of fused-ring (bicyclic) bond motifs is 1. The van der Waals surface area contributed by atoms with Gasteiger partial charge in [0.25, 0.3) is 5.91 Å². The van der Waals surface area contributed by atoms with Crippen molar-refractivity contribution in [1.82, 2.24) is 15.0 Å². The Morgan fingerprint density at radius 1 is 1.30 bits per heavy atom. The van der Waals surface area contributed by atoms with Crippen molar-refractivity contribution in [2.24, 2.45) is 0 Å². The molecule has 0 aliphatic carbocycles. The number of rotatable bonds is 2. The molecule has 1 amide bonds. The standard InChI is InChI=1S/C17H19N3O3/c1-11-18-16(19-23-11)13-3-2-6-20(8-13)17(21)12-4-5-14-9-22-10-15(14)7-12/h4-5,7,13H,2-3,6,8-10H2,1H3. The number of aromatic nitrogens is 2. The highest BCUT2D eigenvalue weighted by Crippen LogP contribution is 2.27. The third kappa shape index (κ3) is 2.74. The second-order valence-corrected chi connectivity index (χ2v) is 6.24. The van der Waals surface area contributed by atoms with Gasteiger partial charge < -0.3 is 14.2 Å².